The first-order chi connectivity index (χ1) is 13.5. The summed E-state index contributed by atoms with van der Waals surface area (Å²) >= 11 is 0. The second-order valence-electron chi connectivity index (χ2n) is 7.08. The van der Waals surface area contributed by atoms with Gasteiger partial charge in [0.05, 0.1) is 29.1 Å². The summed E-state index contributed by atoms with van der Waals surface area (Å²) in [5, 5.41) is 10.7. The molecule has 0 saturated carbocycles. The molecule has 0 unspecified atom stereocenters. The molecule has 2 aromatic rings. The Morgan fingerprint density at radius 2 is 1.71 bits per heavy atom. The minimum atomic E-state index is -3.68. The van der Waals surface area contributed by atoms with E-state index in [1.54, 1.807) is 42.5 Å². The molecule has 0 aromatic heterocycles. The summed E-state index contributed by atoms with van der Waals surface area (Å²) in [5.74, 6) is -0.638. The first-order valence-corrected chi connectivity index (χ1v) is 10.9. The van der Waals surface area contributed by atoms with Crippen molar-refractivity contribution < 1.29 is 18.3 Å². The molecular weight excluding hydrogens is 372 g/mol. The fourth-order valence-corrected chi connectivity index (χ4v) is 5.40. The van der Waals surface area contributed by atoms with Crippen molar-refractivity contribution >= 4 is 9.84 Å². The fourth-order valence-electron chi connectivity index (χ4n) is 3.58. The van der Waals surface area contributed by atoms with Crippen LogP contribution < -0.4 is 0 Å². The van der Waals surface area contributed by atoms with Gasteiger partial charge in [-0.3, -0.25) is 0 Å². The minimum absolute atomic E-state index is 0.159. The summed E-state index contributed by atoms with van der Waals surface area (Å²) in [6, 6.07) is 18.2. The summed E-state index contributed by atoms with van der Waals surface area (Å²) in [7, 11) is -3.68. The van der Waals surface area contributed by atoms with Crippen LogP contribution in [0.15, 0.2) is 89.2 Å². The molecule has 1 N–H and O–H groups in total. The Morgan fingerprint density at radius 1 is 1.07 bits per heavy atom. The molecule has 0 heterocycles. The molecule has 2 aromatic carbocycles. The molecule has 0 saturated heterocycles. The molecule has 148 valence electrons. The molecule has 28 heavy (non-hydrogen) atoms. The van der Waals surface area contributed by atoms with Crippen LogP contribution in [0.3, 0.4) is 0 Å². The Morgan fingerprint density at radius 3 is 2.36 bits per heavy atom. The second kappa shape index (κ2) is 9.32. The molecule has 1 aliphatic rings. The molecule has 0 fully saturated rings. The molecule has 0 spiro atoms. The average molecular weight is 399 g/mol. The zero-order valence-electron chi connectivity index (χ0n) is 15.8. The second-order valence-corrected chi connectivity index (χ2v) is 9.03. The number of rotatable bonds is 8. The van der Waals surface area contributed by atoms with Crippen molar-refractivity contribution in [1.29, 1.82) is 0 Å². The van der Waals surface area contributed by atoms with E-state index in [1.807, 2.05) is 30.3 Å². The van der Waals surface area contributed by atoms with Crippen LogP contribution in [0.4, 0.5) is 0 Å². The number of sulfone groups is 1. The average Bonchev–Trinajstić information content (AvgIpc) is 2.71. The van der Waals surface area contributed by atoms with E-state index in [9.17, 15) is 13.5 Å². The van der Waals surface area contributed by atoms with E-state index >= 15 is 0 Å². The van der Waals surface area contributed by atoms with Crippen LogP contribution >= 0.6 is 0 Å². The molecular formula is C23H26O4S. The lowest BCUT2D eigenvalue weighted by Crippen LogP contribution is -2.33. The molecule has 0 radical (unpaired) electrons. The predicted octanol–water partition coefficient (Wildman–Crippen LogP) is 4.13. The third-order valence-electron chi connectivity index (χ3n) is 5.00. The fraction of sp³-hybridized carbons (Fsp3) is 0.304. The third-order valence-corrected chi connectivity index (χ3v) is 6.95. The number of benzene rings is 2. The Kier molecular flexibility index (Phi) is 6.83. The number of aliphatic hydroxyl groups excluding tert-OH is 1. The van der Waals surface area contributed by atoms with E-state index in [0.717, 1.165) is 5.56 Å². The lowest BCUT2D eigenvalue weighted by Gasteiger charge is -2.32. The lowest BCUT2D eigenvalue weighted by molar-refractivity contribution is 0.0521. The highest BCUT2D eigenvalue weighted by atomic mass is 32.2. The van der Waals surface area contributed by atoms with Gasteiger partial charge in [0.15, 0.2) is 0 Å². The van der Waals surface area contributed by atoms with Gasteiger partial charge in [0, 0.05) is 11.8 Å². The number of allylic oxidation sites excluding steroid dienone is 1. The summed E-state index contributed by atoms with van der Waals surface area (Å²) in [4.78, 5) is 0.513. The highest BCUT2D eigenvalue weighted by Crippen LogP contribution is 2.37. The van der Waals surface area contributed by atoms with E-state index in [-0.39, 0.29) is 15.7 Å². The Bertz CT molecular complexity index is 904. The molecule has 0 aliphatic heterocycles. The van der Waals surface area contributed by atoms with Crippen LogP contribution in [0, 0.1) is 11.8 Å². The van der Waals surface area contributed by atoms with Gasteiger partial charge in [-0.05, 0) is 30.5 Å². The number of aliphatic hydroxyl groups is 1. The van der Waals surface area contributed by atoms with Gasteiger partial charge < -0.3 is 9.84 Å². The van der Waals surface area contributed by atoms with Crippen LogP contribution in [0.2, 0.25) is 0 Å². The first-order valence-electron chi connectivity index (χ1n) is 9.45. The standard InChI is InChI=1S/C23H26O4S/c1-2-9-21-22(24)14-19(17-27-16-18-10-5-3-6-11-18)15-23(21)28(25,26)20-12-7-4-8-13-20/h2-8,10-13,15,19,21-22,24H,1,9,14,16-17H2/t19-,21-,22-/m1/s1. The van der Waals surface area contributed by atoms with Crippen LogP contribution in [0.1, 0.15) is 18.4 Å². The first kappa shape index (κ1) is 20.5. The number of hydrogen-bond acceptors (Lipinski definition) is 4. The smallest absolute Gasteiger partial charge is 0.202 e. The van der Waals surface area contributed by atoms with Crippen LogP contribution in [0.5, 0.6) is 0 Å². The van der Waals surface area contributed by atoms with E-state index < -0.39 is 21.9 Å². The van der Waals surface area contributed by atoms with E-state index in [1.165, 1.54) is 0 Å². The van der Waals surface area contributed by atoms with Crippen molar-refractivity contribution in [3.05, 3.63) is 89.9 Å². The molecule has 3 rings (SSSR count). The number of ether oxygens (including phenoxy) is 1. The van der Waals surface area contributed by atoms with E-state index in [0.29, 0.717) is 26.1 Å². The van der Waals surface area contributed by atoms with Crippen molar-refractivity contribution in [3.63, 3.8) is 0 Å². The minimum Gasteiger partial charge on any atom is -0.392 e. The summed E-state index contributed by atoms with van der Waals surface area (Å²) < 4.78 is 32.2. The molecule has 3 atom stereocenters. The zero-order chi connectivity index (χ0) is 20.0. The van der Waals surface area contributed by atoms with Gasteiger partial charge in [-0.1, -0.05) is 60.7 Å². The van der Waals surface area contributed by atoms with Crippen molar-refractivity contribution in [3.8, 4) is 0 Å². The number of hydrogen-bond donors (Lipinski definition) is 1. The Hall–Kier alpha value is -2.21. The lowest BCUT2D eigenvalue weighted by atomic mass is 9.84. The van der Waals surface area contributed by atoms with Crippen LogP contribution in [0.25, 0.3) is 0 Å². The van der Waals surface area contributed by atoms with Crippen LogP contribution in [-0.2, 0) is 21.2 Å². The normalized spacial score (nSPS) is 22.5. The van der Waals surface area contributed by atoms with Gasteiger partial charge in [-0.2, -0.15) is 0 Å². The zero-order valence-corrected chi connectivity index (χ0v) is 16.6. The monoisotopic (exact) mass is 398 g/mol. The summed E-state index contributed by atoms with van der Waals surface area (Å²) in [5.41, 5.74) is 1.06. The van der Waals surface area contributed by atoms with Gasteiger partial charge in [-0.25, -0.2) is 8.42 Å². The quantitative estimate of drug-likeness (QED) is 0.679. The van der Waals surface area contributed by atoms with Gasteiger partial charge in [-0.15, -0.1) is 6.58 Å². The van der Waals surface area contributed by atoms with Crippen molar-refractivity contribution in [1.82, 2.24) is 0 Å². The van der Waals surface area contributed by atoms with Gasteiger partial charge in [0.1, 0.15) is 0 Å². The predicted molar refractivity (Wildman–Crippen MR) is 110 cm³/mol. The highest BCUT2D eigenvalue weighted by Gasteiger charge is 2.37. The maximum absolute atomic E-state index is 13.2. The summed E-state index contributed by atoms with van der Waals surface area (Å²) in [6.45, 7) is 4.54. The Balaban J connectivity index is 1.81. The van der Waals surface area contributed by atoms with E-state index in [4.69, 9.17) is 4.74 Å². The molecule has 1 aliphatic carbocycles. The van der Waals surface area contributed by atoms with Gasteiger partial charge in [0.25, 0.3) is 0 Å². The molecule has 0 bridgehead atoms. The van der Waals surface area contributed by atoms with Crippen molar-refractivity contribution in [2.24, 2.45) is 11.8 Å². The molecule has 0 amide bonds. The molecule has 4 nitrogen and oxygen atoms in total. The van der Waals surface area contributed by atoms with Crippen molar-refractivity contribution in [2.75, 3.05) is 6.61 Å². The maximum Gasteiger partial charge on any atom is 0.202 e. The molecule has 5 heteroatoms. The summed E-state index contributed by atoms with van der Waals surface area (Å²) in [6.07, 6.45) is 3.57. The SMILES string of the molecule is C=CC[C@H]1C(S(=O)(=O)c2ccccc2)=C[C@H](COCc2ccccc2)C[C@H]1O. The van der Waals surface area contributed by atoms with Gasteiger partial charge >= 0.3 is 0 Å². The van der Waals surface area contributed by atoms with E-state index in [2.05, 4.69) is 6.58 Å². The van der Waals surface area contributed by atoms with Crippen molar-refractivity contribution in [2.45, 2.75) is 30.4 Å². The van der Waals surface area contributed by atoms with Gasteiger partial charge in [0.2, 0.25) is 9.84 Å². The third kappa shape index (κ3) is 4.79. The maximum atomic E-state index is 13.2. The highest BCUT2D eigenvalue weighted by molar-refractivity contribution is 7.95. The Labute approximate surface area is 167 Å². The largest absolute Gasteiger partial charge is 0.392 e. The van der Waals surface area contributed by atoms with Crippen LogP contribution in [-0.4, -0.2) is 26.2 Å². The topological polar surface area (TPSA) is 63.6 Å².